The number of hydrogen-bond acceptors (Lipinski definition) is 3. The highest BCUT2D eigenvalue weighted by atomic mass is 16.5. The highest BCUT2D eigenvalue weighted by Crippen LogP contribution is 2.38. The summed E-state index contributed by atoms with van der Waals surface area (Å²) >= 11 is 0. The van der Waals surface area contributed by atoms with Gasteiger partial charge in [0.15, 0.2) is 0 Å². The highest BCUT2D eigenvalue weighted by Gasteiger charge is 2.42. The molecule has 0 unspecified atom stereocenters. The van der Waals surface area contributed by atoms with Crippen LogP contribution in [0.25, 0.3) is 0 Å². The summed E-state index contributed by atoms with van der Waals surface area (Å²) in [7, 11) is 1.58. The third-order valence-corrected chi connectivity index (χ3v) is 3.72. The maximum absolute atomic E-state index is 11.8. The maximum atomic E-state index is 11.8. The molecule has 1 amide bonds. The molecule has 2 heterocycles. The molecule has 0 aromatic heterocycles. The Hall–Kier alpha value is -0.610. The predicted octanol–water partition coefficient (Wildman–Crippen LogP) is 0.361. The number of ether oxygens (including phenoxy) is 1. The lowest BCUT2D eigenvalue weighted by molar-refractivity contribution is -0.140. The standard InChI is InChI=1S/C11H20N2O2/c1-15-7-11(14)13-9-2-3-10(13)5-8(4-9)6-12/h8-10H,2-7,12H2,1H3/t9-,10-/m0/s1. The second kappa shape index (κ2) is 4.49. The van der Waals surface area contributed by atoms with Gasteiger partial charge in [-0.3, -0.25) is 4.79 Å². The minimum atomic E-state index is 0.153. The average molecular weight is 212 g/mol. The largest absolute Gasteiger partial charge is 0.375 e. The molecule has 2 bridgehead atoms. The zero-order valence-corrected chi connectivity index (χ0v) is 9.32. The fraction of sp³-hybridized carbons (Fsp3) is 0.909. The van der Waals surface area contributed by atoms with Crippen molar-refractivity contribution in [1.29, 1.82) is 0 Å². The lowest BCUT2D eigenvalue weighted by Gasteiger charge is -2.38. The summed E-state index contributed by atoms with van der Waals surface area (Å²) < 4.78 is 4.92. The van der Waals surface area contributed by atoms with Gasteiger partial charge >= 0.3 is 0 Å². The molecule has 0 aromatic carbocycles. The summed E-state index contributed by atoms with van der Waals surface area (Å²) in [5, 5.41) is 0. The van der Waals surface area contributed by atoms with Crippen molar-refractivity contribution in [3.8, 4) is 0 Å². The number of carbonyl (C=O) groups is 1. The van der Waals surface area contributed by atoms with Crippen molar-refractivity contribution in [2.45, 2.75) is 37.8 Å². The Morgan fingerprint density at radius 3 is 2.47 bits per heavy atom. The molecule has 4 nitrogen and oxygen atoms in total. The molecule has 2 rings (SSSR count). The van der Waals surface area contributed by atoms with Crippen molar-refractivity contribution in [3.05, 3.63) is 0 Å². The average Bonchev–Trinajstić information content (AvgIpc) is 2.50. The van der Waals surface area contributed by atoms with E-state index >= 15 is 0 Å². The molecule has 4 heteroatoms. The lowest BCUT2D eigenvalue weighted by Crippen LogP contribution is -2.48. The second-order valence-electron chi connectivity index (χ2n) is 4.69. The van der Waals surface area contributed by atoms with Crippen LogP contribution in [0.1, 0.15) is 25.7 Å². The Kier molecular flexibility index (Phi) is 3.26. The number of nitrogens with two attached hydrogens (primary N) is 1. The normalized spacial score (nSPS) is 34.5. The fourth-order valence-electron chi connectivity index (χ4n) is 3.09. The smallest absolute Gasteiger partial charge is 0.249 e. The summed E-state index contributed by atoms with van der Waals surface area (Å²) in [6, 6.07) is 0.861. The second-order valence-corrected chi connectivity index (χ2v) is 4.69. The van der Waals surface area contributed by atoms with Crippen molar-refractivity contribution < 1.29 is 9.53 Å². The first-order chi connectivity index (χ1) is 7.26. The van der Waals surface area contributed by atoms with E-state index in [2.05, 4.69) is 4.90 Å². The number of carbonyl (C=O) groups excluding carboxylic acids is 1. The van der Waals surface area contributed by atoms with E-state index in [0.717, 1.165) is 32.2 Å². The van der Waals surface area contributed by atoms with Crippen LogP contribution in [0.2, 0.25) is 0 Å². The van der Waals surface area contributed by atoms with Gasteiger partial charge in [-0.05, 0) is 38.1 Å². The van der Waals surface area contributed by atoms with Gasteiger partial charge in [-0.25, -0.2) is 0 Å². The van der Waals surface area contributed by atoms with Crippen LogP contribution in [0.3, 0.4) is 0 Å². The molecule has 2 atom stereocenters. The van der Waals surface area contributed by atoms with Gasteiger partial charge in [-0.15, -0.1) is 0 Å². The van der Waals surface area contributed by atoms with Crippen molar-refractivity contribution >= 4 is 5.91 Å². The van der Waals surface area contributed by atoms with E-state index < -0.39 is 0 Å². The number of nitrogens with zero attached hydrogens (tertiary/aromatic N) is 1. The van der Waals surface area contributed by atoms with Gasteiger partial charge in [0.2, 0.25) is 5.91 Å². The summed E-state index contributed by atoms with van der Waals surface area (Å²) in [5.74, 6) is 0.773. The Morgan fingerprint density at radius 2 is 2.00 bits per heavy atom. The minimum Gasteiger partial charge on any atom is -0.375 e. The van der Waals surface area contributed by atoms with Crippen LogP contribution in [0.15, 0.2) is 0 Å². The molecule has 0 aromatic rings. The zero-order chi connectivity index (χ0) is 10.8. The van der Waals surface area contributed by atoms with Gasteiger partial charge in [-0.2, -0.15) is 0 Å². The van der Waals surface area contributed by atoms with Gasteiger partial charge in [0.05, 0.1) is 0 Å². The third-order valence-electron chi connectivity index (χ3n) is 3.72. The lowest BCUT2D eigenvalue weighted by atomic mass is 9.91. The molecule has 15 heavy (non-hydrogen) atoms. The van der Waals surface area contributed by atoms with Crippen LogP contribution in [0.4, 0.5) is 0 Å². The molecule has 0 spiro atoms. The monoisotopic (exact) mass is 212 g/mol. The first kappa shape index (κ1) is 10.9. The van der Waals surface area contributed by atoms with Crippen LogP contribution in [-0.4, -0.2) is 43.2 Å². The molecule has 2 aliphatic heterocycles. The van der Waals surface area contributed by atoms with Gasteiger partial charge in [0.25, 0.3) is 0 Å². The van der Waals surface area contributed by atoms with Crippen molar-refractivity contribution in [2.75, 3.05) is 20.3 Å². The summed E-state index contributed by atoms with van der Waals surface area (Å²) in [5.41, 5.74) is 5.71. The molecule has 86 valence electrons. The predicted molar refractivity (Wildman–Crippen MR) is 57.3 cm³/mol. The molecular weight excluding hydrogens is 192 g/mol. The van der Waals surface area contributed by atoms with E-state index in [9.17, 15) is 4.79 Å². The molecular formula is C11H20N2O2. The van der Waals surface area contributed by atoms with Crippen LogP contribution >= 0.6 is 0 Å². The Labute approximate surface area is 90.8 Å². The van der Waals surface area contributed by atoms with E-state index in [1.165, 1.54) is 0 Å². The van der Waals surface area contributed by atoms with E-state index in [-0.39, 0.29) is 12.5 Å². The Morgan fingerprint density at radius 1 is 1.40 bits per heavy atom. The van der Waals surface area contributed by atoms with Crippen molar-refractivity contribution in [1.82, 2.24) is 4.90 Å². The van der Waals surface area contributed by atoms with Gasteiger partial charge in [0.1, 0.15) is 6.61 Å². The number of hydrogen-bond donors (Lipinski definition) is 1. The van der Waals surface area contributed by atoms with E-state index in [1.807, 2.05) is 0 Å². The summed E-state index contributed by atoms with van der Waals surface area (Å²) in [4.78, 5) is 13.9. The minimum absolute atomic E-state index is 0.153. The highest BCUT2D eigenvalue weighted by molar-refractivity contribution is 5.78. The van der Waals surface area contributed by atoms with Crippen molar-refractivity contribution in [2.24, 2.45) is 11.7 Å². The Bertz CT molecular complexity index is 231. The molecule has 2 N–H and O–H groups in total. The van der Waals surface area contributed by atoms with Crippen LogP contribution < -0.4 is 5.73 Å². The number of amides is 1. The SMILES string of the molecule is COCC(=O)N1[C@H]2CC[C@H]1CC(CN)C2. The van der Waals surface area contributed by atoms with Gasteiger partial charge in [0, 0.05) is 19.2 Å². The molecule has 0 radical (unpaired) electrons. The van der Waals surface area contributed by atoms with E-state index in [0.29, 0.717) is 18.0 Å². The topological polar surface area (TPSA) is 55.6 Å². The number of rotatable bonds is 3. The molecule has 0 saturated carbocycles. The van der Waals surface area contributed by atoms with Gasteiger partial charge in [-0.1, -0.05) is 0 Å². The third kappa shape index (κ3) is 2.01. The quantitative estimate of drug-likeness (QED) is 0.735. The fourth-order valence-corrected chi connectivity index (χ4v) is 3.09. The van der Waals surface area contributed by atoms with E-state index in [4.69, 9.17) is 10.5 Å². The van der Waals surface area contributed by atoms with Crippen molar-refractivity contribution in [3.63, 3.8) is 0 Å². The van der Waals surface area contributed by atoms with Crippen LogP contribution in [-0.2, 0) is 9.53 Å². The molecule has 2 saturated heterocycles. The summed E-state index contributed by atoms with van der Waals surface area (Å²) in [6.45, 7) is 0.986. The molecule has 0 aliphatic carbocycles. The summed E-state index contributed by atoms with van der Waals surface area (Å²) in [6.07, 6.45) is 4.47. The van der Waals surface area contributed by atoms with Crippen LogP contribution in [0, 0.1) is 5.92 Å². The number of fused-ring (bicyclic) bond motifs is 2. The number of methoxy groups -OCH3 is 1. The molecule has 2 aliphatic rings. The van der Waals surface area contributed by atoms with Gasteiger partial charge < -0.3 is 15.4 Å². The number of piperidine rings is 1. The maximum Gasteiger partial charge on any atom is 0.249 e. The van der Waals surface area contributed by atoms with E-state index in [1.54, 1.807) is 7.11 Å². The van der Waals surface area contributed by atoms with Crippen LogP contribution in [0.5, 0.6) is 0 Å². The Balaban J connectivity index is 2.01. The zero-order valence-electron chi connectivity index (χ0n) is 9.32. The first-order valence-corrected chi connectivity index (χ1v) is 5.76. The molecule has 2 fully saturated rings. The first-order valence-electron chi connectivity index (χ1n) is 5.76.